The molecule has 1 heterocycles. The number of methoxy groups -OCH3 is 2. The third-order valence-electron chi connectivity index (χ3n) is 3.82. The van der Waals surface area contributed by atoms with Gasteiger partial charge in [0.25, 0.3) is 0 Å². The highest BCUT2D eigenvalue weighted by Crippen LogP contribution is 2.35. The van der Waals surface area contributed by atoms with E-state index in [1.807, 2.05) is 59.3 Å². The third-order valence-corrected chi connectivity index (χ3v) is 3.82. The highest BCUT2D eigenvalue weighted by molar-refractivity contribution is 5.95. The Labute approximate surface area is 151 Å². The molecule has 0 unspecified atom stereocenters. The van der Waals surface area contributed by atoms with Gasteiger partial charge in [-0.1, -0.05) is 18.2 Å². The van der Waals surface area contributed by atoms with Crippen LogP contribution in [0.25, 0.3) is 22.0 Å². The molecule has 24 heavy (non-hydrogen) atoms. The van der Waals surface area contributed by atoms with Crippen LogP contribution in [0.5, 0.6) is 11.5 Å². The van der Waals surface area contributed by atoms with Crippen molar-refractivity contribution in [1.82, 2.24) is 0 Å². The number of benzene rings is 2. The van der Waals surface area contributed by atoms with Crippen LogP contribution in [-0.4, -0.2) is 14.2 Å². The minimum absolute atomic E-state index is 0. The summed E-state index contributed by atoms with van der Waals surface area (Å²) in [6.07, 6.45) is 1.93. The second kappa shape index (κ2) is 7.80. The van der Waals surface area contributed by atoms with Crippen LogP contribution in [0, 0.1) is 11.3 Å². The molecule has 3 rings (SSSR count). The Morgan fingerprint density at radius 1 is 1.00 bits per heavy atom. The summed E-state index contributed by atoms with van der Waals surface area (Å²) < 4.78 is 12.8. The molecule has 122 valence electrons. The van der Waals surface area contributed by atoms with Gasteiger partial charge in [-0.05, 0) is 29.7 Å². The van der Waals surface area contributed by atoms with Gasteiger partial charge >= 0.3 is 0 Å². The number of pyridine rings is 1. The zero-order chi connectivity index (χ0) is 16.2. The van der Waals surface area contributed by atoms with Crippen molar-refractivity contribution >= 4 is 10.8 Å². The number of nitriles is 1. The number of nitrogens with zero attached hydrogens (tertiary/aromatic N) is 2. The molecular weight excluding hydrogens is 368 g/mol. The quantitative estimate of drug-likeness (QED) is 0.609. The molecule has 1 aromatic heterocycles. The molecule has 0 aliphatic carbocycles. The van der Waals surface area contributed by atoms with E-state index in [-0.39, 0.29) is 23.5 Å². The van der Waals surface area contributed by atoms with E-state index in [0.29, 0.717) is 11.5 Å². The van der Waals surface area contributed by atoms with Gasteiger partial charge in [0, 0.05) is 11.6 Å². The summed E-state index contributed by atoms with van der Waals surface area (Å²) in [7, 11) is 3.25. The lowest BCUT2D eigenvalue weighted by molar-refractivity contribution is -0.673. The van der Waals surface area contributed by atoms with Crippen LogP contribution >= 0.6 is 0 Å². The van der Waals surface area contributed by atoms with Gasteiger partial charge in [0.2, 0.25) is 12.2 Å². The Bertz CT molecular complexity index is 889. The zero-order valence-corrected chi connectivity index (χ0v) is 15.1. The van der Waals surface area contributed by atoms with Crippen molar-refractivity contribution in [2.24, 2.45) is 0 Å². The number of ether oxygens (including phenoxy) is 2. The average molecular weight is 385 g/mol. The van der Waals surface area contributed by atoms with Gasteiger partial charge in [0.15, 0.2) is 17.7 Å². The van der Waals surface area contributed by atoms with E-state index in [1.54, 1.807) is 14.2 Å². The number of hydrogen-bond donors (Lipinski definition) is 0. The molecule has 0 bridgehead atoms. The predicted octanol–water partition coefficient (Wildman–Crippen LogP) is 0.339. The van der Waals surface area contributed by atoms with Crippen molar-refractivity contribution < 1.29 is 31.0 Å². The van der Waals surface area contributed by atoms with Crippen molar-refractivity contribution in [2.45, 2.75) is 6.54 Å². The van der Waals surface area contributed by atoms with E-state index in [9.17, 15) is 0 Å². The summed E-state index contributed by atoms with van der Waals surface area (Å²) in [6, 6.07) is 18.2. The van der Waals surface area contributed by atoms with Gasteiger partial charge in [-0.2, -0.15) is 9.83 Å². The molecule has 0 fully saturated rings. The minimum Gasteiger partial charge on any atom is -1.00 e. The third kappa shape index (κ3) is 3.19. The Morgan fingerprint density at radius 2 is 1.67 bits per heavy atom. The van der Waals surface area contributed by atoms with E-state index in [1.165, 1.54) is 0 Å². The predicted molar refractivity (Wildman–Crippen MR) is 88.3 cm³/mol. The largest absolute Gasteiger partial charge is 1.00 e. The molecule has 0 aliphatic rings. The second-order valence-electron chi connectivity index (χ2n) is 5.11. The molecule has 3 aromatic rings. The molecule has 0 spiro atoms. The molecule has 0 saturated heterocycles. The average Bonchev–Trinajstić information content (AvgIpc) is 2.61. The molecule has 0 saturated carbocycles. The second-order valence-corrected chi connectivity index (χ2v) is 5.11. The lowest BCUT2D eigenvalue weighted by Crippen LogP contribution is -3.00. The molecule has 0 amide bonds. The van der Waals surface area contributed by atoms with Crippen molar-refractivity contribution in [3.63, 3.8) is 0 Å². The van der Waals surface area contributed by atoms with Crippen LogP contribution in [-0.2, 0) is 6.54 Å². The molecule has 0 aliphatic heterocycles. The summed E-state index contributed by atoms with van der Waals surface area (Å²) in [4.78, 5) is 0. The summed E-state index contributed by atoms with van der Waals surface area (Å²) in [5.74, 6) is 1.36. The van der Waals surface area contributed by atoms with Crippen molar-refractivity contribution in [1.29, 1.82) is 5.26 Å². The maximum atomic E-state index is 9.13. The van der Waals surface area contributed by atoms with Crippen LogP contribution in [0.1, 0.15) is 0 Å². The number of hydrogen-bond acceptors (Lipinski definition) is 3. The van der Waals surface area contributed by atoms with E-state index in [2.05, 4.69) is 6.07 Å². The Hall–Kier alpha value is -2.58. The fourth-order valence-electron chi connectivity index (χ4n) is 2.76. The lowest BCUT2D eigenvalue weighted by Gasteiger charge is -2.11. The Kier molecular flexibility index (Phi) is 5.78. The van der Waals surface area contributed by atoms with Crippen molar-refractivity contribution in [3.8, 4) is 28.8 Å². The Balaban J connectivity index is 0.00000208. The summed E-state index contributed by atoms with van der Waals surface area (Å²) in [5.41, 5.74) is 2.05. The lowest BCUT2D eigenvalue weighted by atomic mass is 10.0. The zero-order valence-electron chi connectivity index (χ0n) is 13.5. The van der Waals surface area contributed by atoms with Gasteiger partial charge < -0.3 is 26.5 Å². The van der Waals surface area contributed by atoms with Gasteiger partial charge in [0.1, 0.15) is 6.07 Å². The van der Waals surface area contributed by atoms with Crippen LogP contribution in [0.2, 0.25) is 0 Å². The van der Waals surface area contributed by atoms with Crippen molar-refractivity contribution in [3.05, 3.63) is 54.7 Å². The SMILES string of the molecule is COc1cc2cc[n+](CC#N)c(-c3ccccc3)c2cc1OC.[Br-]. The Morgan fingerprint density at radius 3 is 2.29 bits per heavy atom. The van der Waals surface area contributed by atoms with Crippen molar-refractivity contribution in [2.75, 3.05) is 14.2 Å². The first-order chi connectivity index (χ1) is 11.3. The number of halogens is 1. The van der Waals surface area contributed by atoms with Crippen LogP contribution in [0.15, 0.2) is 54.7 Å². The summed E-state index contributed by atoms with van der Waals surface area (Å²) in [5, 5.41) is 11.2. The van der Waals surface area contributed by atoms with Crippen LogP contribution < -0.4 is 31.0 Å². The van der Waals surface area contributed by atoms with Gasteiger partial charge in [-0.3, -0.25) is 0 Å². The fraction of sp³-hybridized carbons (Fsp3) is 0.158. The maximum absolute atomic E-state index is 9.13. The van der Waals surface area contributed by atoms with Gasteiger partial charge in [0.05, 0.1) is 19.6 Å². The van der Waals surface area contributed by atoms with E-state index < -0.39 is 0 Å². The monoisotopic (exact) mass is 384 g/mol. The molecule has 2 aromatic carbocycles. The van der Waals surface area contributed by atoms with Crippen LogP contribution in [0.4, 0.5) is 0 Å². The van der Waals surface area contributed by atoms with Crippen LogP contribution in [0.3, 0.4) is 0 Å². The molecule has 0 radical (unpaired) electrons. The van der Waals surface area contributed by atoms with E-state index in [4.69, 9.17) is 14.7 Å². The smallest absolute Gasteiger partial charge is 0.234 e. The molecule has 5 heteroatoms. The first-order valence-corrected chi connectivity index (χ1v) is 7.29. The number of rotatable bonds is 4. The minimum atomic E-state index is 0. The number of aromatic nitrogens is 1. The fourth-order valence-corrected chi connectivity index (χ4v) is 2.76. The van der Waals surface area contributed by atoms with Gasteiger partial charge in [-0.15, -0.1) is 0 Å². The first-order valence-electron chi connectivity index (χ1n) is 7.29. The molecule has 0 N–H and O–H groups in total. The highest BCUT2D eigenvalue weighted by Gasteiger charge is 2.19. The van der Waals surface area contributed by atoms with E-state index >= 15 is 0 Å². The molecule has 4 nitrogen and oxygen atoms in total. The normalized spacial score (nSPS) is 9.88. The maximum Gasteiger partial charge on any atom is 0.234 e. The molecule has 0 atom stereocenters. The molecular formula is C19H17BrN2O2. The van der Waals surface area contributed by atoms with Gasteiger partial charge in [-0.25, -0.2) is 0 Å². The van der Waals surface area contributed by atoms with E-state index in [0.717, 1.165) is 22.0 Å². The number of fused-ring (bicyclic) bond motifs is 1. The summed E-state index contributed by atoms with van der Waals surface area (Å²) in [6.45, 7) is 0.286. The standard InChI is InChI=1S/C19H17N2O2.BrH/c1-22-17-12-15-8-10-21(11-9-20)19(14-6-4-3-5-7-14)16(15)13-18(17)23-2;/h3-8,10,12-13H,11H2,1-2H3;1H/q+1;/p-1. The highest BCUT2D eigenvalue weighted by atomic mass is 79.9. The summed E-state index contributed by atoms with van der Waals surface area (Å²) >= 11 is 0. The first kappa shape index (κ1) is 17.8. The topological polar surface area (TPSA) is 46.1 Å².